The maximum absolute atomic E-state index is 5.80. The summed E-state index contributed by atoms with van der Waals surface area (Å²) in [6.45, 7) is 12.3. The van der Waals surface area contributed by atoms with Gasteiger partial charge in [-0.15, -0.1) is 0 Å². The zero-order chi connectivity index (χ0) is 25.6. The summed E-state index contributed by atoms with van der Waals surface area (Å²) >= 11 is 0. The molecule has 200 valence electrons. The second kappa shape index (κ2) is 12.3. The number of methoxy groups -OCH3 is 1. The Balaban J connectivity index is 1.40. The zero-order valence-electron chi connectivity index (χ0n) is 23.1. The van der Waals surface area contributed by atoms with E-state index in [4.69, 9.17) is 14.7 Å². The van der Waals surface area contributed by atoms with Crippen molar-refractivity contribution in [2.24, 2.45) is 0 Å². The molecule has 1 aromatic carbocycles. The summed E-state index contributed by atoms with van der Waals surface area (Å²) in [6.07, 6.45) is 9.54. The smallest absolute Gasteiger partial charge is 0.227 e. The van der Waals surface area contributed by atoms with E-state index >= 15 is 0 Å². The van der Waals surface area contributed by atoms with Crippen LogP contribution >= 0.6 is 0 Å². The molecule has 7 heteroatoms. The number of hydrogen-bond donors (Lipinski definition) is 1. The van der Waals surface area contributed by atoms with Gasteiger partial charge >= 0.3 is 0 Å². The van der Waals surface area contributed by atoms with Gasteiger partial charge in [0, 0.05) is 56.6 Å². The maximum Gasteiger partial charge on any atom is 0.227 e. The molecular weight excluding hydrogens is 460 g/mol. The standard InChI is InChI=1S/C30H44N6O/c1-23(2)35-19-12-25(13-20-35)31-29-26-22-28(37-3)24(11-5-8-16-34-14-6-4-7-15-34)21-27(26)32-30(33-29)36-17-9-10-18-36/h21-23,25H,4,6-10,12-20H2,1-3H3,(H,31,32,33). The van der Waals surface area contributed by atoms with Crippen molar-refractivity contribution >= 4 is 22.7 Å². The summed E-state index contributed by atoms with van der Waals surface area (Å²) < 4.78 is 5.80. The Morgan fingerprint density at radius 2 is 1.70 bits per heavy atom. The maximum atomic E-state index is 5.80. The summed E-state index contributed by atoms with van der Waals surface area (Å²) in [4.78, 5) is 17.5. The number of hydrogen-bond acceptors (Lipinski definition) is 7. The summed E-state index contributed by atoms with van der Waals surface area (Å²) in [6, 6.07) is 5.21. The highest BCUT2D eigenvalue weighted by Crippen LogP contribution is 2.32. The Kier molecular flexibility index (Phi) is 8.68. The van der Waals surface area contributed by atoms with E-state index in [2.05, 4.69) is 57.8 Å². The van der Waals surface area contributed by atoms with Gasteiger partial charge in [-0.25, -0.2) is 4.98 Å². The molecule has 4 heterocycles. The molecule has 1 N–H and O–H groups in total. The summed E-state index contributed by atoms with van der Waals surface area (Å²) in [5.41, 5.74) is 1.86. The molecule has 37 heavy (non-hydrogen) atoms. The van der Waals surface area contributed by atoms with Crippen LogP contribution in [0.25, 0.3) is 10.9 Å². The number of rotatable bonds is 7. The molecule has 1 aromatic heterocycles. The Labute approximate surface area is 223 Å². The van der Waals surface area contributed by atoms with E-state index in [0.29, 0.717) is 12.1 Å². The lowest BCUT2D eigenvalue weighted by atomic mass is 10.0. The van der Waals surface area contributed by atoms with Gasteiger partial charge in [0.15, 0.2) is 0 Å². The molecule has 0 unspecified atom stereocenters. The van der Waals surface area contributed by atoms with Gasteiger partial charge in [0.1, 0.15) is 11.6 Å². The highest BCUT2D eigenvalue weighted by molar-refractivity contribution is 5.93. The van der Waals surface area contributed by atoms with Crippen LogP contribution in [0.4, 0.5) is 11.8 Å². The predicted molar refractivity (Wildman–Crippen MR) is 153 cm³/mol. The Bertz CT molecular complexity index is 1100. The minimum absolute atomic E-state index is 0.416. The van der Waals surface area contributed by atoms with Crippen LogP contribution in [0.15, 0.2) is 12.1 Å². The number of nitrogens with zero attached hydrogens (tertiary/aromatic N) is 5. The van der Waals surface area contributed by atoms with Gasteiger partial charge < -0.3 is 24.8 Å². The van der Waals surface area contributed by atoms with Crippen LogP contribution in [-0.2, 0) is 0 Å². The van der Waals surface area contributed by atoms with Gasteiger partial charge in [-0.1, -0.05) is 18.3 Å². The van der Waals surface area contributed by atoms with E-state index < -0.39 is 0 Å². The van der Waals surface area contributed by atoms with Crippen LogP contribution in [0.2, 0.25) is 0 Å². The van der Waals surface area contributed by atoms with Gasteiger partial charge in [0.05, 0.1) is 18.2 Å². The van der Waals surface area contributed by atoms with E-state index in [1.54, 1.807) is 7.11 Å². The molecule has 0 bridgehead atoms. The van der Waals surface area contributed by atoms with Gasteiger partial charge in [-0.05, 0) is 77.6 Å². The molecule has 0 aliphatic carbocycles. The van der Waals surface area contributed by atoms with Crippen LogP contribution in [0.5, 0.6) is 5.75 Å². The summed E-state index contributed by atoms with van der Waals surface area (Å²) in [7, 11) is 1.73. The van der Waals surface area contributed by atoms with E-state index in [1.165, 1.54) is 45.2 Å². The van der Waals surface area contributed by atoms with Crippen molar-refractivity contribution in [3.63, 3.8) is 0 Å². The van der Waals surface area contributed by atoms with Crippen molar-refractivity contribution < 1.29 is 4.74 Å². The number of piperidine rings is 2. The lowest BCUT2D eigenvalue weighted by molar-refractivity contribution is 0.177. The molecule has 3 saturated heterocycles. The monoisotopic (exact) mass is 504 g/mol. The van der Waals surface area contributed by atoms with Crippen molar-refractivity contribution in [1.29, 1.82) is 0 Å². The van der Waals surface area contributed by atoms with Gasteiger partial charge in [0.2, 0.25) is 5.95 Å². The average molecular weight is 505 g/mol. The van der Waals surface area contributed by atoms with Crippen molar-refractivity contribution in [2.45, 2.75) is 77.3 Å². The Hall–Kier alpha value is -2.56. The van der Waals surface area contributed by atoms with Crippen molar-refractivity contribution in [2.75, 3.05) is 63.1 Å². The second-order valence-electron chi connectivity index (χ2n) is 11.1. The van der Waals surface area contributed by atoms with Gasteiger partial charge in [-0.3, -0.25) is 0 Å². The lowest BCUT2D eigenvalue weighted by Gasteiger charge is -2.35. The number of fused-ring (bicyclic) bond motifs is 1. The Morgan fingerprint density at radius 1 is 0.973 bits per heavy atom. The molecule has 0 atom stereocenters. The van der Waals surface area contributed by atoms with E-state index in [9.17, 15) is 0 Å². The molecule has 5 rings (SSSR count). The first-order valence-electron chi connectivity index (χ1n) is 14.5. The molecule has 2 aromatic rings. The number of nitrogens with one attached hydrogen (secondary N) is 1. The van der Waals surface area contributed by atoms with Crippen LogP contribution in [0, 0.1) is 11.8 Å². The SMILES string of the molecule is COc1cc2c(NC3CCN(C(C)C)CC3)nc(N3CCCC3)nc2cc1C#CCCN1CCCCC1. The van der Waals surface area contributed by atoms with Crippen LogP contribution in [0.1, 0.15) is 70.8 Å². The third kappa shape index (κ3) is 6.48. The molecule has 0 radical (unpaired) electrons. The van der Waals surface area contributed by atoms with Crippen LogP contribution in [-0.4, -0.2) is 84.8 Å². The minimum Gasteiger partial charge on any atom is -0.495 e. The summed E-state index contributed by atoms with van der Waals surface area (Å²) in [5.74, 6) is 9.37. The summed E-state index contributed by atoms with van der Waals surface area (Å²) in [5, 5.41) is 4.82. The normalized spacial score (nSPS) is 19.8. The fraction of sp³-hybridized carbons (Fsp3) is 0.667. The highest BCUT2D eigenvalue weighted by atomic mass is 16.5. The molecule has 3 aliphatic heterocycles. The molecule has 0 saturated carbocycles. The first-order valence-corrected chi connectivity index (χ1v) is 14.5. The fourth-order valence-electron chi connectivity index (χ4n) is 5.89. The molecular formula is C30H44N6O. The second-order valence-corrected chi connectivity index (χ2v) is 11.1. The first-order chi connectivity index (χ1) is 18.1. The third-order valence-corrected chi connectivity index (χ3v) is 8.22. The fourth-order valence-corrected chi connectivity index (χ4v) is 5.89. The van der Waals surface area contributed by atoms with Gasteiger partial charge in [0.25, 0.3) is 0 Å². The number of ether oxygens (including phenoxy) is 1. The number of likely N-dealkylation sites (tertiary alicyclic amines) is 2. The number of benzene rings is 1. The average Bonchev–Trinajstić information content (AvgIpc) is 3.47. The van der Waals surface area contributed by atoms with E-state index in [1.807, 2.05) is 0 Å². The molecule has 3 fully saturated rings. The van der Waals surface area contributed by atoms with Crippen LogP contribution < -0.4 is 15.0 Å². The molecule has 0 spiro atoms. The molecule has 3 aliphatic rings. The molecule has 0 amide bonds. The van der Waals surface area contributed by atoms with Gasteiger partial charge in [-0.2, -0.15) is 4.98 Å². The zero-order valence-corrected chi connectivity index (χ0v) is 23.1. The predicted octanol–water partition coefficient (Wildman–Crippen LogP) is 4.75. The highest BCUT2D eigenvalue weighted by Gasteiger charge is 2.24. The van der Waals surface area contributed by atoms with Crippen molar-refractivity contribution in [3.05, 3.63) is 17.7 Å². The van der Waals surface area contributed by atoms with Crippen molar-refractivity contribution in [1.82, 2.24) is 19.8 Å². The lowest BCUT2D eigenvalue weighted by Crippen LogP contribution is -2.42. The van der Waals surface area contributed by atoms with Crippen molar-refractivity contribution in [3.8, 4) is 17.6 Å². The first kappa shape index (κ1) is 26.1. The largest absolute Gasteiger partial charge is 0.495 e. The number of aromatic nitrogens is 2. The number of anilines is 2. The molecule has 7 nitrogen and oxygen atoms in total. The topological polar surface area (TPSA) is 56.8 Å². The minimum atomic E-state index is 0.416. The third-order valence-electron chi connectivity index (χ3n) is 8.22. The van der Waals surface area contributed by atoms with Crippen LogP contribution in [0.3, 0.4) is 0 Å². The Morgan fingerprint density at radius 3 is 2.41 bits per heavy atom. The van der Waals surface area contributed by atoms with E-state index in [-0.39, 0.29) is 0 Å². The quantitative estimate of drug-likeness (QED) is 0.546. The van der Waals surface area contributed by atoms with E-state index in [0.717, 1.165) is 86.0 Å².